The van der Waals surface area contributed by atoms with Gasteiger partial charge in [0.15, 0.2) is 0 Å². The van der Waals surface area contributed by atoms with E-state index in [1.807, 2.05) is 16.4 Å². The van der Waals surface area contributed by atoms with Gasteiger partial charge in [0.1, 0.15) is 11.0 Å². The molecule has 1 atom stereocenters. The zero-order valence-electron chi connectivity index (χ0n) is 14.5. The Morgan fingerprint density at radius 1 is 1.22 bits per heavy atom. The van der Waals surface area contributed by atoms with Crippen LogP contribution in [-0.2, 0) is 22.3 Å². The molecule has 0 aliphatic carbocycles. The average molecular weight is 337 g/mol. The molecule has 1 unspecified atom stereocenters. The monoisotopic (exact) mass is 336 g/mol. The highest BCUT2D eigenvalue weighted by Crippen LogP contribution is 2.38. The smallest absolute Gasteiger partial charge is 0.128 e. The molecule has 2 aliphatic rings. The van der Waals surface area contributed by atoms with E-state index in [0.717, 1.165) is 37.6 Å². The first-order valence-corrected chi connectivity index (χ1v) is 9.65. The first-order chi connectivity index (χ1) is 11.0. The molecule has 0 radical (unpaired) electrons. The molecular weight excluding hydrogens is 308 g/mol. The molecule has 2 aliphatic heterocycles. The molecule has 0 saturated carbocycles. The van der Waals surface area contributed by atoms with Crippen LogP contribution in [-0.4, -0.2) is 52.8 Å². The van der Waals surface area contributed by atoms with E-state index in [1.165, 1.54) is 5.56 Å². The van der Waals surface area contributed by atoms with E-state index in [-0.39, 0.29) is 0 Å². The molecule has 0 bridgehead atoms. The van der Waals surface area contributed by atoms with Crippen molar-refractivity contribution in [2.45, 2.75) is 32.2 Å². The number of nitrogens with zero attached hydrogens (tertiary/aromatic N) is 2. The summed E-state index contributed by atoms with van der Waals surface area (Å²) in [5.74, 6) is 0.705. The van der Waals surface area contributed by atoms with Gasteiger partial charge >= 0.3 is 0 Å². The summed E-state index contributed by atoms with van der Waals surface area (Å²) >= 11 is 0. The molecule has 0 N–H and O–H groups in total. The molecule has 2 saturated heterocycles. The van der Waals surface area contributed by atoms with Crippen LogP contribution < -0.4 is 0 Å². The Hall–Kier alpha value is -0.750. The highest BCUT2D eigenvalue weighted by molar-refractivity contribution is 7.82. The van der Waals surface area contributed by atoms with Crippen molar-refractivity contribution in [3.05, 3.63) is 29.8 Å². The summed E-state index contributed by atoms with van der Waals surface area (Å²) in [6.45, 7) is 13.0. The predicted molar refractivity (Wildman–Crippen MR) is 93.5 cm³/mol. The Morgan fingerprint density at radius 2 is 1.87 bits per heavy atom. The van der Waals surface area contributed by atoms with Crippen LogP contribution >= 0.6 is 0 Å². The first-order valence-electron chi connectivity index (χ1n) is 8.54. The van der Waals surface area contributed by atoms with Gasteiger partial charge in [-0.2, -0.15) is 0 Å². The molecule has 3 rings (SSSR count). The van der Waals surface area contributed by atoms with E-state index in [2.05, 4.69) is 37.8 Å². The van der Waals surface area contributed by atoms with Crippen LogP contribution in [0, 0.1) is 11.3 Å². The summed E-state index contributed by atoms with van der Waals surface area (Å²) in [5, 5.41) is 0. The second-order valence-electron chi connectivity index (χ2n) is 7.35. The molecule has 2 fully saturated rings. The maximum absolute atomic E-state index is 12.9. The van der Waals surface area contributed by atoms with E-state index in [1.54, 1.807) is 0 Å². The Bertz CT molecular complexity index is 564. The lowest BCUT2D eigenvalue weighted by atomic mass is 9.72. The van der Waals surface area contributed by atoms with Gasteiger partial charge in [0.05, 0.1) is 18.1 Å². The van der Waals surface area contributed by atoms with Gasteiger partial charge in [-0.05, 0) is 23.0 Å². The number of hydrogen-bond acceptors (Lipinski definition) is 3. The molecule has 5 heteroatoms. The van der Waals surface area contributed by atoms with Gasteiger partial charge in [0.2, 0.25) is 0 Å². The minimum Gasteiger partial charge on any atom is -0.379 e. The summed E-state index contributed by atoms with van der Waals surface area (Å²) in [6.07, 6.45) is 0. The van der Waals surface area contributed by atoms with Crippen molar-refractivity contribution in [1.82, 2.24) is 9.21 Å². The molecule has 0 amide bonds. The largest absolute Gasteiger partial charge is 0.379 e. The normalized spacial score (nSPS) is 23.7. The molecule has 2 heterocycles. The van der Waals surface area contributed by atoms with E-state index in [4.69, 9.17) is 4.74 Å². The van der Waals surface area contributed by atoms with E-state index >= 15 is 0 Å². The van der Waals surface area contributed by atoms with Gasteiger partial charge in [-0.3, -0.25) is 4.90 Å². The topological polar surface area (TPSA) is 32.8 Å². The van der Waals surface area contributed by atoms with Crippen molar-refractivity contribution >= 4 is 11.0 Å². The van der Waals surface area contributed by atoms with Gasteiger partial charge in [-0.15, -0.1) is 0 Å². The lowest BCUT2D eigenvalue weighted by Gasteiger charge is -2.51. The van der Waals surface area contributed by atoms with Gasteiger partial charge in [-0.1, -0.05) is 39.0 Å². The van der Waals surface area contributed by atoms with Crippen LogP contribution in [0.1, 0.15) is 26.3 Å². The second-order valence-corrected chi connectivity index (χ2v) is 8.81. The third kappa shape index (κ3) is 3.68. The third-order valence-corrected chi connectivity index (χ3v) is 6.93. The van der Waals surface area contributed by atoms with Crippen molar-refractivity contribution in [2.75, 3.05) is 39.4 Å². The van der Waals surface area contributed by atoms with Crippen molar-refractivity contribution < 1.29 is 8.95 Å². The second kappa shape index (κ2) is 7.01. The van der Waals surface area contributed by atoms with E-state index in [9.17, 15) is 4.21 Å². The quantitative estimate of drug-likeness (QED) is 0.828. The van der Waals surface area contributed by atoms with E-state index < -0.39 is 11.0 Å². The fraction of sp³-hybridized carbons (Fsp3) is 0.667. The molecular formula is C18H28N2O2S. The number of hydrogen-bond donors (Lipinski definition) is 0. The van der Waals surface area contributed by atoms with Gasteiger partial charge in [-0.25, -0.2) is 8.51 Å². The van der Waals surface area contributed by atoms with Crippen molar-refractivity contribution in [3.8, 4) is 0 Å². The lowest BCUT2D eigenvalue weighted by molar-refractivity contribution is -0.0268. The Labute approximate surface area is 142 Å². The van der Waals surface area contributed by atoms with Crippen molar-refractivity contribution in [3.63, 3.8) is 0 Å². The standard InChI is InChI=1S/C18H28N2O2S/c1-15(2)18(3)13-19(14-18)12-16-6-4-5-7-17(16)23(21)20-8-10-22-11-9-20/h4-7,15H,8-14H2,1-3H3. The highest BCUT2D eigenvalue weighted by Gasteiger charge is 2.41. The maximum atomic E-state index is 12.9. The zero-order chi connectivity index (χ0) is 16.4. The fourth-order valence-electron chi connectivity index (χ4n) is 3.35. The van der Waals surface area contributed by atoms with Crippen LogP contribution in [0.5, 0.6) is 0 Å². The molecule has 23 heavy (non-hydrogen) atoms. The van der Waals surface area contributed by atoms with Crippen molar-refractivity contribution in [1.29, 1.82) is 0 Å². The SMILES string of the molecule is CC(C)C1(C)CN(Cc2ccccc2S(=O)N2CCOCC2)C1. The van der Waals surface area contributed by atoms with Crippen LogP contribution in [0.15, 0.2) is 29.2 Å². The van der Waals surface area contributed by atoms with Gasteiger partial charge < -0.3 is 4.74 Å². The number of rotatable bonds is 5. The van der Waals surface area contributed by atoms with Crippen LogP contribution in [0.2, 0.25) is 0 Å². The van der Waals surface area contributed by atoms with Crippen LogP contribution in [0.3, 0.4) is 0 Å². The summed E-state index contributed by atoms with van der Waals surface area (Å²) in [6, 6.07) is 8.18. The zero-order valence-corrected chi connectivity index (χ0v) is 15.3. The minimum atomic E-state index is -1.08. The number of morpholine rings is 1. The van der Waals surface area contributed by atoms with Crippen LogP contribution in [0.4, 0.5) is 0 Å². The van der Waals surface area contributed by atoms with Gasteiger partial charge in [0.25, 0.3) is 0 Å². The van der Waals surface area contributed by atoms with Crippen LogP contribution in [0.25, 0.3) is 0 Å². The fourth-order valence-corrected chi connectivity index (χ4v) is 4.66. The molecule has 128 valence electrons. The molecule has 0 aromatic heterocycles. The average Bonchev–Trinajstić information content (AvgIpc) is 2.54. The van der Waals surface area contributed by atoms with Crippen molar-refractivity contribution in [2.24, 2.45) is 11.3 Å². The van der Waals surface area contributed by atoms with Gasteiger partial charge in [0, 0.05) is 32.7 Å². The predicted octanol–water partition coefficient (Wildman–Crippen LogP) is 2.52. The number of benzene rings is 1. The minimum absolute atomic E-state index is 0.429. The summed E-state index contributed by atoms with van der Waals surface area (Å²) in [7, 11) is -1.08. The number of ether oxygens (including phenoxy) is 1. The Morgan fingerprint density at radius 3 is 2.52 bits per heavy atom. The Balaban J connectivity index is 1.68. The maximum Gasteiger partial charge on any atom is 0.128 e. The lowest BCUT2D eigenvalue weighted by Crippen LogP contribution is -2.56. The van der Waals surface area contributed by atoms with E-state index in [0.29, 0.717) is 24.5 Å². The Kier molecular flexibility index (Phi) is 5.21. The molecule has 4 nitrogen and oxygen atoms in total. The highest BCUT2D eigenvalue weighted by atomic mass is 32.2. The summed E-state index contributed by atoms with van der Waals surface area (Å²) in [5.41, 5.74) is 1.63. The number of likely N-dealkylation sites (tertiary alicyclic amines) is 1. The molecule has 1 aromatic rings. The summed E-state index contributed by atoms with van der Waals surface area (Å²) in [4.78, 5) is 3.43. The summed E-state index contributed by atoms with van der Waals surface area (Å²) < 4.78 is 20.3. The third-order valence-electron chi connectivity index (χ3n) is 5.32. The molecule has 1 aromatic carbocycles. The first kappa shape index (κ1) is 17.1. The molecule has 0 spiro atoms.